The largest absolute Gasteiger partial charge is 0.370 e. The van der Waals surface area contributed by atoms with Gasteiger partial charge in [-0.1, -0.05) is 68.7 Å². The highest BCUT2D eigenvalue weighted by Gasteiger charge is 2.11. The maximum Gasteiger partial charge on any atom is 0.315 e. The van der Waals surface area contributed by atoms with Crippen LogP contribution in [-0.2, 0) is 11.2 Å². The first-order valence-corrected chi connectivity index (χ1v) is 9.15. The van der Waals surface area contributed by atoms with Gasteiger partial charge in [-0.3, -0.25) is 4.79 Å². The van der Waals surface area contributed by atoms with Crippen LogP contribution in [0.3, 0.4) is 0 Å². The van der Waals surface area contributed by atoms with E-state index >= 15 is 0 Å². The second-order valence-corrected chi connectivity index (χ2v) is 6.19. The van der Waals surface area contributed by atoms with E-state index in [-0.39, 0.29) is 18.5 Å². The lowest BCUT2D eigenvalue weighted by atomic mass is 10.1. The van der Waals surface area contributed by atoms with Gasteiger partial charge in [-0.25, -0.2) is 4.79 Å². The van der Waals surface area contributed by atoms with E-state index in [2.05, 4.69) is 29.7 Å². The molecule has 3 amide bonds. The molecule has 0 bridgehead atoms. The maximum atomic E-state index is 11.9. The van der Waals surface area contributed by atoms with Crippen LogP contribution in [0.15, 0.2) is 42.5 Å². The van der Waals surface area contributed by atoms with Gasteiger partial charge in [-0.05, 0) is 24.8 Å². The summed E-state index contributed by atoms with van der Waals surface area (Å²) < 4.78 is 0. The summed E-state index contributed by atoms with van der Waals surface area (Å²) in [6, 6.07) is 9.56. The summed E-state index contributed by atoms with van der Waals surface area (Å²) in [5, 5.41) is 5.63. The van der Waals surface area contributed by atoms with Crippen molar-refractivity contribution in [2.24, 2.45) is 5.73 Å². The Labute approximate surface area is 151 Å². The first kappa shape index (κ1) is 20.7. The van der Waals surface area contributed by atoms with E-state index in [1.54, 1.807) is 0 Å². The fraction of sp³-hybridized carbons (Fsp3) is 0.500. The third-order valence-corrected chi connectivity index (χ3v) is 3.86. The summed E-state index contributed by atoms with van der Waals surface area (Å²) in [6.45, 7) is 2.80. The number of carbonyl (C=O) groups excluding carboxylic acids is 2. The molecule has 1 rings (SSSR count). The molecule has 1 aromatic carbocycles. The van der Waals surface area contributed by atoms with E-state index in [4.69, 9.17) is 5.73 Å². The van der Waals surface area contributed by atoms with E-state index in [1.807, 2.05) is 30.4 Å². The Morgan fingerprint density at radius 2 is 1.92 bits per heavy atom. The number of aryl methyl sites for hydroxylation is 1. The van der Waals surface area contributed by atoms with Crippen molar-refractivity contribution in [3.63, 3.8) is 0 Å². The maximum absolute atomic E-state index is 11.9. The van der Waals surface area contributed by atoms with E-state index in [1.165, 1.54) is 18.4 Å². The number of nitrogens with one attached hydrogen (secondary N) is 2. The molecule has 0 saturated carbocycles. The Balaban J connectivity index is 2.35. The summed E-state index contributed by atoms with van der Waals surface area (Å²) in [4.78, 5) is 23.1. The smallest absolute Gasteiger partial charge is 0.315 e. The minimum atomic E-state index is -0.430. The van der Waals surface area contributed by atoms with Crippen LogP contribution in [0.1, 0.15) is 51.0 Å². The van der Waals surface area contributed by atoms with Crippen LogP contribution in [-0.4, -0.2) is 24.5 Å². The number of urea groups is 1. The minimum absolute atomic E-state index is 0.102. The van der Waals surface area contributed by atoms with Crippen molar-refractivity contribution in [3.05, 3.63) is 48.0 Å². The highest BCUT2D eigenvalue weighted by Crippen LogP contribution is 2.04. The van der Waals surface area contributed by atoms with Gasteiger partial charge in [-0.2, -0.15) is 0 Å². The summed E-state index contributed by atoms with van der Waals surface area (Å²) in [6.07, 6.45) is 10.1. The Morgan fingerprint density at radius 3 is 2.60 bits per heavy atom. The molecular formula is C20H31N3O2. The number of allylic oxidation sites excluding steroid dienone is 1. The average molecular weight is 345 g/mol. The third-order valence-electron chi connectivity index (χ3n) is 3.86. The molecule has 0 aliphatic rings. The van der Waals surface area contributed by atoms with Crippen LogP contribution in [0.5, 0.6) is 0 Å². The van der Waals surface area contributed by atoms with Crippen LogP contribution in [0.2, 0.25) is 0 Å². The summed E-state index contributed by atoms with van der Waals surface area (Å²) in [5.74, 6) is -0.430. The molecule has 5 heteroatoms. The zero-order chi connectivity index (χ0) is 18.3. The number of nitrogens with two attached hydrogens (primary N) is 1. The molecule has 0 aliphatic carbocycles. The number of unbranched alkanes of at least 4 members (excludes halogenated alkanes) is 3. The average Bonchev–Trinajstić information content (AvgIpc) is 2.59. The molecule has 0 fully saturated rings. The van der Waals surface area contributed by atoms with E-state index in [0.29, 0.717) is 6.54 Å². The SMILES string of the molecule is CCCCCCNC(=O)N[C@@H](/C=C\CCc1ccccc1)CC(N)=O. The van der Waals surface area contributed by atoms with Crippen molar-refractivity contribution in [2.75, 3.05) is 6.54 Å². The highest BCUT2D eigenvalue weighted by molar-refractivity contribution is 5.78. The fourth-order valence-electron chi connectivity index (χ4n) is 2.51. The van der Waals surface area contributed by atoms with Crippen LogP contribution in [0, 0.1) is 0 Å². The highest BCUT2D eigenvalue weighted by atomic mass is 16.2. The van der Waals surface area contributed by atoms with Crippen molar-refractivity contribution in [2.45, 2.75) is 57.9 Å². The predicted molar refractivity (Wildman–Crippen MR) is 102 cm³/mol. The van der Waals surface area contributed by atoms with Crippen molar-refractivity contribution in [1.29, 1.82) is 0 Å². The molecule has 5 nitrogen and oxygen atoms in total. The number of hydrogen-bond donors (Lipinski definition) is 3. The van der Waals surface area contributed by atoms with Crippen molar-refractivity contribution >= 4 is 11.9 Å². The number of rotatable bonds is 12. The van der Waals surface area contributed by atoms with E-state index in [9.17, 15) is 9.59 Å². The lowest BCUT2D eigenvalue weighted by Gasteiger charge is -2.14. The van der Waals surface area contributed by atoms with Crippen LogP contribution >= 0.6 is 0 Å². The molecule has 0 spiro atoms. The minimum Gasteiger partial charge on any atom is -0.370 e. The first-order valence-electron chi connectivity index (χ1n) is 9.15. The van der Waals surface area contributed by atoms with E-state index < -0.39 is 5.91 Å². The normalized spacial score (nSPS) is 12.0. The quantitative estimate of drug-likeness (QED) is 0.401. The second-order valence-electron chi connectivity index (χ2n) is 6.19. The van der Waals surface area contributed by atoms with E-state index in [0.717, 1.165) is 25.7 Å². The molecule has 0 unspecified atom stereocenters. The Bertz CT molecular complexity index is 529. The number of benzene rings is 1. The molecule has 0 aromatic heterocycles. The molecule has 0 saturated heterocycles. The summed E-state index contributed by atoms with van der Waals surface area (Å²) in [5.41, 5.74) is 6.54. The Morgan fingerprint density at radius 1 is 1.16 bits per heavy atom. The lowest BCUT2D eigenvalue weighted by molar-refractivity contribution is -0.118. The number of hydrogen-bond acceptors (Lipinski definition) is 2. The molecule has 25 heavy (non-hydrogen) atoms. The van der Waals surface area contributed by atoms with Gasteiger partial charge >= 0.3 is 6.03 Å². The first-order chi connectivity index (χ1) is 12.1. The standard InChI is InChI=1S/C20H31N3O2/c1-2-3-4-10-15-22-20(25)23-18(16-19(21)24)14-9-8-13-17-11-6-5-7-12-17/h5-7,9,11-12,14,18H,2-4,8,10,13,15-16H2,1H3,(H2,21,24)(H2,22,23,25)/b14-9-/t18-/m0/s1. The van der Waals surface area contributed by atoms with Gasteiger partial charge in [0.05, 0.1) is 12.5 Å². The second kappa shape index (κ2) is 13.0. The van der Waals surface area contributed by atoms with Gasteiger partial charge in [0.15, 0.2) is 0 Å². The lowest BCUT2D eigenvalue weighted by Crippen LogP contribution is -2.43. The molecule has 0 heterocycles. The van der Waals surface area contributed by atoms with Crippen LogP contribution in [0.25, 0.3) is 0 Å². The van der Waals surface area contributed by atoms with Gasteiger partial charge in [0.1, 0.15) is 0 Å². The molecule has 138 valence electrons. The molecule has 4 N–H and O–H groups in total. The topological polar surface area (TPSA) is 84.2 Å². The van der Waals surface area contributed by atoms with Crippen LogP contribution < -0.4 is 16.4 Å². The number of primary amides is 1. The zero-order valence-corrected chi connectivity index (χ0v) is 15.2. The van der Waals surface area contributed by atoms with Crippen LogP contribution in [0.4, 0.5) is 4.79 Å². The third kappa shape index (κ3) is 11.0. The Hall–Kier alpha value is -2.30. The molecule has 1 atom stereocenters. The fourth-order valence-corrected chi connectivity index (χ4v) is 2.51. The monoisotopic (exact) mass is 345 g/mol. The summed E-state index contributed by atoms with van der Waals surface area (Å²) >= 11 is 0. The summed E-state index contributed by atoms with van der Waals surface area (Å²) in [7, 11) is 0. The van der Waals surface area contributed by atoms with Gasteiger partial charge in [0.2, 0.25) is 5.91 Å². The van der Waals surface area contributed by atoms with Crippen molar-refractivity contribution in [1.82, 2.24) is 10.6 Å². The number of carbonyl (C=O) groups is 2. The van der Waals surface area contributed by atoms with Gasteiger partial charge in [0.25, 0.3) is 0 Å². The molecule has 0 radical (unpaired) electrons. The van der Waals surface area contributed by atoms with Crippen molar-refractivity contribution in [3.8, 4) is 0 Å². The zero-order valence-electron chi connectivity index (χ0n) is 15.2. The molecule has 1 aromatic rings. The molecular weight excluding hydrogens is 314 g/mol. The Kier molecular flexibility index (Phi) is 10.8. The van der Waals surface area contributed by atoms with Gasteiger partial charge < -0.3 is 16.4 Å². The number of amides is 3. The van der Waals surface area contributed by atoms with Crippen molar-refractivity contribution < 1.29 is 9.59 Å². The molecule has 0 aliphatic heterocycles. The van der Waals surface area contributed by atoms with Gasteiger partial charge in [-0.15, -0.1) is 0 Å². The predicted octanol–water partition coefficient (Wildman–Crippen LogP) is 3.30. The van der Waals surface area contributed by atoms with Gasteiger partial charge in [0, 0.05) is 6.54 Å².